The standard InChI is InChI=1S/C21H25N3O2/c25-20(11-15-7-8-17-4-3-5-18(17)10-15)22-12-16-13-23-21(24-14-16)19-6-1-2-9-26-19/h7-8,10,13-14,19H,1-6,9,11-12H2,(H,22,25). The van der Waals surface area contributed by atoms with Crippen molar-refractivity contribution in [2.75, 3.05) is 6.61 Å². The Hall–Kier alpha value is -2.27. The van der Waals surface area contributed by atoms with E-state index in [1.807, 2.05) is 0 Å². The molecular formula is C21H25N3O2. The van der Waals surface area contributed by atoms with Gasteiger partial charge in [-0.1, -0.05) is 18.2 Å². The first-order valence-electron chi connectivity index (χ1n) is 9.58. The van der Waals surface area contributed by atoms with E-state index in [0.29, 0.717) is 13.0 Å². The highest BCUT2D eigenvalue weighted by Crippen LogP contribution is 2.25. The van der Waals surface area contributed by atoms with E-state index < -0.39 is 0 Å². The topological polar surface area (TPSA) is 64.1 Å². The number of benzene rings is 1. The molecule has 1 amide bonds. The molecule has 0 bridgehead atoms. The van der Waals surface area contributed by atoms with Gasteiger partial charge >= 0.3 is 0 Å². The van der Waals surface area contributed by atoms with Gasteiger partial charge in [0.25, 0.3) is 0 Å². The summed E-state index contributed by atoms with van der Waals surface area (Å²) in [6.07, 6.45) is 10.8. The van der Waals surface area contributed by atoms with E-state index in [2.05, 4.69) is 33.5 Å². The number of carbonyl (C=O) groups excluding carboxylic acids is 1. The third-order valence-electron chi connectivity index (χ3n) is 5.21. The molecule has 1 N–H and O–H groups in total. The van der Waals surface area contributed by atoms with Crippen LogP contribution in [0.2, 0.25) is 0 Å². The summed E-state index contributed by atoms with van der Waals surface area (Å²) in [6.45, 7) is 1.24. The molecule has 1 unspecified atom stereocenters. The molecule has 1 fully saturated rings. The van der Waals surface area contributed by atoms with Gasteiger partial charge in [0.2, 0.25) is 5.91 Å². The molecule has 1 aromatic carbocycles. The summed E-state index contributed by atoms with van der Waals surface area (Å²) in [7, 11) is 0. The number of ether oxygens (including phenoxy) is 1. The van der Waals surface area contributed by atoms with Gasteiger partial charge in [0.05, 0.1) is 6.42 Å². The molecular weight excluding hydrogens is 326 g/mol. The molecule has 4 rings (SSSR count). The average Bonchev–Trinajstić information content (AvgIpc) is 3.15. The predicted molar refractivity (Wildman–Crippen MR) is 98.6 cm³/mol. The number of amides is 1. The molecule has 1 atom stereocenters. The molecule has 1 aromatic heterocycles. The van der Waals surface area contributed by atoms with Gasteiger partial charge in [0, 0.05) is 31.1 Å². The Morgan fingerprint density at radius 1 is 1.08 bits per heavy atom. The number of hydrogen-bond donors (Lipinski definition) is 1. The summed E-state index contributed by atoms with van der Waals surface area (Å²) >= 11 is 0. The summed E-state index contributed by atoms with van der Waals surface area (Å²) in [5.41, 5.74) is 4.84. The zero-order valence-corrected chi connectivity index (χ0v) is 15.0. The molecule has 0 spiro atoms. The number of nitrogens with one attached hydrogen (secondary N) is 1. The highest BCUT2D eigenvalue weighted by Gasteiger charge is 2.18. The van der Waals surface area contributed by atoms with E-state index in [4.69, 9.17) is 4.74 Å². The molecule has 0 radical (unpaired) electrons. The van der Waals surface area contributed by atoms with Crippen molar-refractivity contribution >= 4 is 5.91 Å². The van der Waals surface area contributed by atoms with Gasteiger partial charge < -0.3 is 10.1 Å². The number of hydrogen-bond acceptors (Lipinski definition) is 4. The van der Waals surface area contributed by atoms with E-state index in [0.717, 1.165) is 49.2 Å². The Morgan fingerprint density at radius 3 is 2.73 bits per heavy atom. The van der Waals surface area contributed by atoms with E-state index in [1.54, 1.807) is 12.4 Å². The molecule has 2 aromatic rings. The molecule has 1 saturated heterocycles. The van der Waals surface area contributed by atoms with Crippen LogP contribution >= 0.6 is 0 Å². The van der Waals surface area contributed by atoms with Crippen LogP contribution in [0.25, 0.3) is 0 Å². The molecule has 5 heteroatoms. The number of nitrogens with zero attached hydrogens (tertiary/aromatic N) is 2. The fourth-order valence-electron chi connectivity index (χ4n) is 3.75. The minimum atomic E-state index is 0.0206. The fourth-order valence-corrected chi connectivity index (χ4v) is 3.75. The summed E-state index contributed by atoms with van der Waals surface area (Å²) in [5.74, 6) is 0.778. The van der Waals surface area contributed by atoms with Crippen LogP contribution in [0.1, 0.15) is 59.9 Å². The minimum absolute atomic E-state index is 0.0206. The largest absolute Gasteiger partial charge is 0.370 e. The summed E-state index contributed by atoms with van der Waals surface area (Å²) in [5, 5.41) is 2.96. The van der Waals surface area contributed by atoms with Gasteiger partial charge in [-0.05, 0) is 55.2 Å². The molecule has 26 heavy (non-hydrogen) atoms. The lowest BCUT2D eigenvalue weighted by molar-refractivity contribution is -0.120. The molecule has 0 saturated carbocycles. The van der Waals surface area contributed by atoms with Crippen LogP contribution in [0.3, 0.4) is 0 Å². The van der Waals surface area contributed by atoms with Gasteiger partial charge in [-0.25, -0.2) is 9.97 Å². The number of aryl methyl sites for hydroxylation is 2. The highest BCUT2D eigenvalue weighted by molar-refractivity contribution is 5.78. The van der Waals surface area contributed by atoms with Crippen LogP contribution in [0.4, 0.5) is 0 Å². The molecule has 1 aliphatic heterocycles. The van der Waals surface area contributed by atoms with E-state index in [-0.39, 0.29) is 12.0 Å². The van der Waals surface area contributed by atoms with Gasteiger partial charge in [-0.2, -0.15) is 0 Å². The number of rotatable bonds is 5. The van der Waals surface area contributed by atoms with Crippen molar-refractivity contribution in [3.05, 3.63) is 58.7 Å². The van der Waals surface area contributed by atoms with Crippen molar-refractivity contribution in [3.8, 4) is 0 Å². The van der Waals surface area contributed by atoms with Crippen LogP contribution in [-0.4, -0.2) is 22.5 Å². The van der Waals surface area contributed by atoms with Crippen LogP contribution in [0.15, 0.2) is 30.6 Å². The highest BCUT2D eigenvalue weighted by atomic mass is 16.5. The van der Waals surface area contributed by atoms with Crippen molar-refractivity contribution < 1.29 is 9.53 Å². The summed E-state index contributed by atoms with van der Waals surface area (Å²) in [4.78, 5) is 21.1. The smallest absolute Gasteiger partial charge is 0.224 e. The Kier molecular flexibility index (Phi) is 5.25. The van der Waals surface area contributed by atoms with Crippen LogP contribution in [-0.2, 0) is 35.3 Å². The van der Waals surface area contributed by atoms with Crippen molar-refractivity contribution in [1.82, 2.24) is 15.3 Å². The van der Waals surface area contributed by atoms with Crippen molar-refractivity contribution in [3.63, 3.8) is 0 Å². The lowest BCUT2D eigenvalue weighted by Crippen LogP contribution is -2.25. The number of aromatic nitrogens is 2. The summed E-state index contributed by atoms with van der Waals surface area (Å²) < 4.78 is 5.71. The molecule has 136 valence electrons. The molecule has 2 heterocycles. The van der Waals surface area contributed by atoms with Crippen LogP contribution in [0, 0.1) is 0 Å². The maximum Gasteiger partial charge on any atom is 0.224 e. The second-order valence-corrected chi connectivity index (χ2v) is 7.21. The second-order valence-electron chi connectivity index (χ2n) is 7.21. The van der Waals surface area contributed by atoms with Crippen molar-refractivity contribution in [1.29, 1.82) is 0 Å². The SMILES string of the molecule is O=C(Cc1ccc2c(c1)CCC2)NCc1cnc(C2CCCCO2)nc1. The quantitative estimate of drug-likeness (QED) is 0.899. The van der Waals surface area contributed by atoms with E-state index in [1.165, 1.54) is 24.0 Å². The van der Waals surface area contributed by atoms with Crippen molar-refractivity contribution in [2.45, 2.75) is 57.6 Å². The first-order chi connectivity index (χ1) is 12.8. The number of carbonyl (C=O) groups is 1. The summed E-state index contributed by atoms with van der Waals surface area (Å²) in [6, 6.07) is 6.43. The maximum atomic E-state index is 12.2. The predicted octanol–water partition coefficient (Wildman–Crippen LogP) is 3.07. The molecule has 1 aliphatic carbocycles. The van der Waals surface area contributed by atoms with Crippen molar-refractivity contribution in [2.24, 2.45) is 0 Å². The third kappa shape index (κ3) is 4.10. The second kappa shape index (κ2) is 7.96. The Balaban J connectivity index is 1.28. The fraction of sp³-hybridized carbons (Fsp3) is 0.476. The average molecular weight is 351 g/mol. The maximum absolute atomic E-state index is 12.2. The van der Waals surface area contributed by atoms with E-state index >= 15 is 0 Å². The van der Waals surface area contributed by atoms with Gasteiger partial charge in [-0.3, -0.25) is 4.79 Å². The molecule has 2 aliphatic rings. The zero-order chi connectivity index (χ0) is 17.8. The van der Waals surface area contributed by atoms with Gasteiger partial charge in [0.15, 0.2) is 5.82 Å². The monoisotopic (exact) mass is 351 g/mol. The van der Waals surface area contributed by atoms with Crippen LogP contribution < -0.4 is 5.32 Å². The number of fused-ring (bicyclic) bond motifs is 1. The lowest BCUT2D eigenvalue weighted by Gasteiger charge is -2.21. The first-order valence-corrected chi connectivity index (χ1v) is 9.58. The molecule has 5 nitrogen and oxygen atoms in total. The van der Waals surface area contributed by atoms with Gasteiger partial charge in [0.1, 0.15) is 6.10 Å². The normalized spacial score (nSPS) is 19.2. The minimum Gasteiger partial charge on any atom is -0.370 e. The third-order valence-corrected chi connectivity index (χ3v) is 5.21. The first kappa shape index (κ1) is 17.2. The van der Waals surface area contributed by atoms with Gasteiger partial charge in [-0.15, -0.1) is 0 Å². The van der Waals surface area contributed by atoms with Crippen LogP contribution in [0.5, 0.6) is 0 Å². The zero-order valence-electron chi connectivity index (χ0n) is 15.0. The Morgan fingerprint density at radius 2 is 1.92 bits per heavy atom. The van der Waals surface area contributed by atoms with E-state index in [9.17, 15) is 4.79 Å². The Labute approximate surface area is 154 Å². The lowest BCUT2D eigenvalue weighted by atomic mass is 10.0. The Bertz CT molecular complexity index is 767.